The maximum atomic E-state index is 11.6. The van der Waals surface area contributed by atoms with Gasteiger partial charge in [-0.1, -0.05) is 6.42 Å². The fraction of sp³-hybridized carbons (Fsp3) is 0.778. The van der Waals surface area contributed by atoms with Crippen molar-refractivity contribution in [2.45, 2.75) is 25.7 Å². The van der Waals surface area contributed by atoms with E-state index in [-0.39, 0.29) is 18.4 Å². The molecule has 1 aliphatic heterocycles. The highest BCUT2D eigenvalue weighted by molar-refractivity contribution is 6.08. The summed E-state index contributed by atoms with van der Waals surface area (Å²) in [6.45, 7) is 0.341. The monoisotopic (exact) mass is 182 g/mol. The summed E-state index contributed by atoms with van der Waals surface area (Å²) in [6, 6.07) is 0. The first-order valence-electron chi connectivity index (χ1n) is 4.82. The van der Waals surface area contributed by atoms with E-state index in [1.807, 2.05) is 0 Å². The highest BCUT2D eigenvalue weighted by Crippen LogP contribution is 2.28. The molecule has 1 heterocycles. The van der Waals surface area contributed by atoms with E-state index < -0.39 is 0 Å². The zero-order valence-electron chi connectivity index (χ0n) is 7.57. The predicted molar refractivity (Wildman–Crippen MR) is 48.2 cm³/mol. The highest BCUT2D eigenvalue weighted by Gasteiger charge is 2.36. The SMILES string of the molecule is O=C1C2CCCCC2=NN1CCO. The topological polar surface area (TPSA) is 52.9 Å². The van der Waals surface area contributed by atoms with Gasteiger partial charge in [0.2, 0.25) is 0 Å². The molecule has 1 atom stereocenters. The van der Waals surface area contributed by atoms with E-state index in [1.165, 1.54) is 5.01 Å². The van der Waals surface area contributed by atoms with Crippen molar-refractivity contribution in [3.05, 3.63) is 0 Å². The van der Waals surface area contributed by atoms with E-state index >= 15 is 0 Å². The van der Waals surface area contributed by atoms with Gasteiger partial charge in [0.1, 0.15) is 0 Å². The van der Waals surface area contributed by atoms with Crippen LogP contribution in [-0.2, 0) is 4.79 Å². The van der Waals surface area contributed by atoms with Crippen molar-refractivity contribution in [3.8, 4) is 0 Å². The summed E-state index contributed by atoms with van der Waals surface area (Å²) in [4.78, 5) is 11.6. The summed E-state index contributed by atoms with van der Waals surface area (Å²) >= 11 is 0. The third-order valence-electron chi connectivity index (χ3n) is 2.69. The lowest BCUT2D eigenvalue weighted by atomic mass is 9.87. The van der Waals surface area contributed by atoms with Gasteiger partial charge in [-0.25, -0.2) is 5.01 Å². The minimum absolute atomic E-state index is 0.00472. The smallest absolute Gasteiger partial charge is 0.251 e. The van der Waals surface area contributed by atoms with Crippen LogP contribution in [0.25, 0.3) is 0 Å². The molecule has 0 aromatic carbocycles. The number of hydrogen-bond acceptors (Lipinski definition) is 3. The molecule has 0 aromatic rings. The number of hydrogen-bond donors (Lipinski definition) is 1. The molecular formula is C9H14N2O2. The number of aliphatic hydroxyl groups excluding tert-OH is 1. The summed E-state index contributed by atoms with van der Waals surface area (Å²) in [7, 11) is 0. The fourth-order valence-corrected chi connectivity index (χ4v) is 2.02. The molecular weight excluding hydrogens is 168 g/mol. The Morgan fingerprint density at radius 2 is 2.38 bits per heavy atom. The van der Waals surface area contributed by atoms with E-state index in [2.05, 4.69) is 5.10 Å². The van der Waals surface area contributed by atoms with Gasteiger partial charge in [0.25, 0.3) is 5.91 Å². The van der Waals surface area contributed by atoms with Crippen LogP contribution in [0.5, 0.6) is 0 Å². The number of β-amino-alcohol motifs (C(OH)–C–C–N with tert-alkyl or cyclic N) is 1. The van der Waals surface area contributed by atoms with Crippen LogP contribution >= 0.6 is 0 Å². The second-order valence-corrected chi connectivity index (χ2v) is 3.57. The number of carbonyl (C=O) groups is 1. The number of aliphatic hydroxyl groups is 1. The van der Waals surface area contributed by atoms with Gasteiger partial charge in [0.15, 0.2) is 0 Å². The van der Waals surface area contributed by atoms with E-state index in [1.54, 1.807) is 0 Å². The Morgan fingerprint density at radius 1 is 1.54 bits per heavy atom. The molecule has 1 unspecified atom stereocenters. The van der Waals surface area contributed by atoms with Crippen molar-refractivity contribution in [2.75, 3.05) is 13.2 Å². The number of nitrogens with zero attached hydrogens (tertiary/aromatic N) is 2. The van der Waals surface area contributed by atoms with Crippen molar-refractivity contribution in [1.29, 1.82) is 0 Å². The molecule has 0 spiro atoms. The molecule has 1 amide bonds. The molecule has 1 aliphatic carbocycles. The molecule has 72 valence electrons. The second-order valence-electron chi connectivity index (χ2n) is 3.57. The van der Waals surface area contributed by atoms with Crippen molar-refractivity contribution in [2.24, 2.45) is 11.0 Å². The summed E-state index contributed by atoms with van der Waals surface area (Å²) < 4.78 is 0. The quantitative estimate of drug-likeness (QED) is 0.670. The normalized spacial score (nSPS) is 27.5. The van der Waals surface area contributed by atoms with Crippen LogP contribution in [0.15, 0.2) is 5.10 Å². The van der Waals surface area contributed by atoms with Crippen LogP contribution in [0, 0.1) is 5.92 Å². The van der Waals surface area contributed by atoms with Gasteiger partial charge in [-0.15, -0.1) is 0 Å². The van der Waals surface area contributed by atoms with Crippen molar-refractivity contribution in [1.82, 2.24) is 5.01 Å². The van der Waals surface area contributed by atoms with Crippen LogP contribution in [0.1, 0.15) is 25.7 Å². The van der Waals surface area contributed by atoms with Gasteiger partial charge in [-0.05, 0) is 19.3 Å². The molecule has 2 rings (SSSR count). The second kappa shape index (κ2) is 3.46. The van der Waals surface area contributed by atoms with Crippen molar-refractivity contribution >= 4 is 11.6 Å². The average Bonchev–Trinajstić information content (AvgIpc) is 2.46. The first kappa shape index (κ1) is 8.69. The highest BCUT2D eigenvalue weighted by atomic mass is 16.3. The van der Waals surface area contributed by atoms with Crippen LogP contribution in [0.3, 0.4) is 0 Å². The molecule has 4 heteroatoms. The van der Waals surface area contributed by atoms with Crippen LogP contribution in [0.4, 0.5) is 0 Å². The summed E-state index contributed by atoms with van der Waals surface area (Å²) in [5, 5.41) is 14.4. The Labute approximate surface area is 77.2 Å². The average molecular weight is 182 g/mol. The maximum Gasteiger partial charge on any atom is 0.251 e. The molecule has 0 radical (unpaired) electrons. The number of hydrazone groups is 1. The maximum absolute atomic E-state index is 11.6. The number of amides is 1. The minimum Gasteiger partial charge on any atom is -0.394 e. The molecule has 0 bridgehead atoms. The van der Waals surface area contributed by atoms with Gasteiger partial charge in [-0.2, -0.15) is 5.10 Å². The first-order valence-corrected chi connectivity index (χ1v) is 4.82. The van der Waals surface area contributed by atoms with E-state index in [0.717, 1.165) is 31.4 Å². The van der Waals surface area contributed by atoms with Crippen LogP contribution < -0.4 is 0 Å². The summed E-state index contributed by atoms with van der Waals surface area (Å²) in [5.74, 6) is 0.129. The summed E-state index contributed by atoms with van der Waals surface area (Å²) in [6.07, 6.45) is 4.18. The predicted octanol–water partition coefficient (Wildman–Crippen LogP) is 0.367. The Bertz CT molecular complexity index is 250. The molecule has 0 aromatic heterocycles. The van der Waals surface area contributed by atoms with Gasteiger partial charge in [-0.3, -0.25) is 4.79 Å². The number of rotatable bonds is 2. The van der Waals surface area contributed by atoms with Crippen molar-refractivity contribution in [3.63, 3.8) is 0 Å². The lowest BCUT2D eigenvalue weighted by Gasteiger charge is -2.16. The zero-order chi connectivity index (χ0) is 9.26. The third-order valence-corrected chi connectivity index (χ3v) is 2.69. The third kappa shape index (κ3) is 1.46. The largest absolute Gasteiger partial charge is 0.394 e. The lowest BCUT2D eigenvalue weighted by Crippen LogP contribution is -2.30. The Kier molecular flexibility index (Phi) is 2.31. The van der Waals surface area contributed by atoms with Gasteiger partial charge in [0.05, 0.1) is 24.8 Å². The Morgan fingerprint density at radius 3 is 3.08 bits per heavy atom. The standard InChI is InChI=1S/C9H14N2O2/c12-6-5-11-9(13)7-3-1-2-4-8(7)10-11/h7,12H,1-6H2. The first-order chi connectivity index (χ1) is 6.33. The number of carbonyl (C=O) groups excluding carboxylic acids is 1. The van der Waals surface area contributed by atoms with Gasteiger partial charge >= 0.3 is 0 Å². The van der Waals surface area contributed by atoms with E-state index in [0.29, 0.717) is 6.54 Å². The van der Waals surface area contributed by atoms with E-state index in [4.69, 9.17) is 5.11 Å². The molecule has 4 nitrogen and oxygen atoms in total. The molecule has 1 saturated carbocycles. The van der Waals surface area contributed by atoms with Crippen LogP contribution in [-0.4, -0.2) is 34.9 Å². The fourth-order valence-electron chi connectivity index (χ4n) is 2.02. The lowest BCUT2D eigenvalue weighted by molar-refractivity contribution is -0.132. The minimum atomic E-state index is -0.00472. The van der Waals surface area contributed by atoms with Crippen LogP contribution in [0.2, 0.25) is 0 Å². The van der Waals surface area contributed by atoms with Gasteiger partial charge < -0.3 is 5.11 Å². The molecule has 1 fully saturated rings. The molecule has 2 aliphatic rings. The molecule has 1 N–H and O–H groups in total. The van der Waals surface area contributed by atoms with E-state index in [9.17, 15) is 4.79 Å². The molecule has 0 saturated heterocycles. The Balaban J connectivity index is 2.10. The van der Waals surface area contributed by atoms with Gasteiger partial charge in [0, 0.05) is 0 Å². The molecule has 13 heavy (non-hydrogen) atoms. The Hall–Kier alpha value is -0.900. The zero-order valence-corrected chi connectivity index (χ0v) is 7.57. The summed E-state index contributed by atoms with van der Waals surface area (Å²) in [5.41, 5.74) is 1.03. The number of fused-ring (bicyclic) bond motifs is 1. The van der Waals surface area contributed by atoms with Crippen molar-refractivity contribution < 1.29 is 9.90 Å².